The summed E-state index contributed by atoms with van der Waals surface area (Å²) in [7, 11) is 0.381. The van der Waals surface area contributed by atoms with Crippen LogP contribution in [0.1, 0.15) is 39.5 Å². The van der Waals surface area contributed by atoms with Crippen LogP contribution in [0.4, 0.5) is 0 Å². The lowest BCUT2D eigenvalue weighted by Crippen LogP contribution is -2.24. The lowest BCUT2D eigenvalue weighted by Gasteiger charge is -2.29. The van der Waals surface area contributed by atoms with Crippen molar-refractivity contribution in [2.24, 2.45) is 11.8 Å². The Morgan fingerprint density at radius 1 is 1.27 bits per heavy atom. The molecule has 11 heavy (non-hydrogen) atoms. The minimum absolute atomic E-state index is 0.381. The predicted molar refractivity (Wildman–Crippen MR) is 48.2 cm³/mol. The van der Waals surface area contributed by atoms with Crippen LogP contribution in [0.3, 0.4) is 0 Å². The molecule has 1 rings (SSSR count). The molecule has 0 unspecified atom stereocenters. The molecule has 2 atom stereocenters. The third-order valence-electron chi connectivity index (χ3n) is 2.77. The van der Waals surface area contributed by atoms with E-state index in [0.717, 1.165) is 0 Å². The Bertz CT molecular complexity index is 134. The van der Waals surface area contributed by atoms with E-state index in [1.54, 1.807) is 0 Å². The lowest BCUT2D eigenvalue weighted by atomic mass is 9.81. The van der Waals surface area contributed by atoms with Gasteiger partial charge in [-0.25, -0.2) is 0 Å². The molecule has 0 spiro atoms. The molecule has 2 heteroatoms. The van der Waals surface area contributed by atoms with E-state index in [2.05, 4.69) is 13.8 Å². The standard InChI is InChI=1S/C9H17OP/c1-7(2)8-5-3-4-6-9(8)11-10/h7-9H,3-6H2,1-2H3/t8-,9+/m0/s1. The maximum Gasteiger partial charge on any atom is 0.158 e. The second-order valence-corrected chi connectivity index (χ2v) is 4.74. The summed E-state index contributed by atoms with van der Waals surface area (Å²) in [4.78, 5) is 0. The van der Waals surface area contributed by atoms with Crippen molar-refractivity contribution in [1.29, 1.82) is 0 Å². The molecule has 0 aromatic carbocycles. The van der Waals surface area contributed by atoms with E-state index >= 15 is 0 Å². The van der Waals surface area contributed by atoms with Crippen molar-refractivity contribution in [3.63, 3.8) is 0 Å². The van der Waals surface area contributed by atoms with Crippen LogP contribution in [0.2, 0.25) is 0 Å². The number of hydrogen-bond acceptors (Lipinski definition) is 1. The maximum atomic E-state index is 10.8. The summed E-state index contributed by atoms with van der Waals surface area (Å²) in [5, 5.41) is 0. The van der Waals surface area contributed by atoms with Gasteiger partial charge in [0.15, 0.2) is 8.46 Å². The fourth-order valence-electron chi connectivity index (χ4n) is 2.05. The van der Waals surface area contributed by atoms with Gasteiger partial charge in [-0.05, 0) is 24.7 Å². The van der Waals surface area contributed by atoms with Gasteiger partial charge in [0.1, 0.15) is 0 Å². The van der Waals surface area contributed by atoms with E-state index in [9.17, 15) is 4.57 Å². The molecule has 0 saturated heterocycles. The van der Waals surface area contributed by atoms with Crippen molar-refractivity contribution >= 4 is 8.46 Å². The molecule has 1 aliphatic rings. The molecule has 0 aromatic heterocycles. The molecule has 1 aliphatic carbocycles. The number of hydrogen-bond donors (Lipinski definition) is 0. The minimum Gasteiger partial charge on any atom is -0.275 e. The van der Waals surface area contributed by atoms with Crippen molar-refractivity contribution in [2.45, 2.75) is 45.2 Å². The van der Waals surface area contributed by atoms with Gasteiger partial charge in [-0.15, -0.1) is 0 Å². The van der Waals surface area contributed by atoms with Gasteiger partial charge in [0.05, 0.1) is 0 Å². The molecule has 1 nitrogen and oxygen atoms in total. The minimum atomic E-state index is 0.381. The summed E-state index contributed by atoms with van der Waals surface area (Å²) in [6.45, 7) is 4.49. The molecular weight excluding hydrogens is 155 g/mol. The normalized spacial score (nSPS) is 33.0. The monoisotopic (exact) mass is 172 g/mol. The van der Waals surface area contributed by atoms with Crippen molar-refractivity contribution in [3.05, 3.63) is 0 Å². The Morgan fingerprint density at radius 3 is 2.36 bits per heavy atom. The molecule has 0 radical (unpaired) electrons. The van der Waals surface area contributed by atoms with Gasteiger partial charge < -0.3 is 0 Å². The Hall–Kier alpha value is 0.100. The van der Waals surface area contributed by atoms with Gasteiger partial charge in [0, 0.05) is 5.66 Å². The predicted octanol–water partition coefficient (Wildman–Crippen LogP) is 3.49. The summed E-state index contributed by atoms with van der Waals surface area (Å²) in [5.41, 5.74) is 0.462. The Labute approximate surface area is 70.8 Å². The van der Waals surface area contributed by atoms with Crippen molar-refractivity contribution in [1.82, 2.24) is 0 Å². The summed E-state index contributed by atoms with van der Waals surface area (Å²) < 4.78 is 10.8. The third-order valence-corrected chi connectivity index (χ3v) is 3.69. The first-order valence-corrected chi connectivity index (χ1v) is 5.46. The molecule has 0 aromatic rings. The van der Waals surface area contributed by atoms with Gasteiger partial charge in [-0.3, -0.25) is 4.57 Å². The molecule has 0 aliphatic heterocycles. The van der Waals surface area contributed by atoms with Crippen LogP contribution in [0, 0.1) is 11.8 Å². The van der Waals surface area contributed by atoms with Crippen molar-refractivity contribution in [2.75, 3.05) is 0 Å². The molecule has 0 amide bonds. The van der Waals surface area contributed by atoms with Crippen LogP contribution in [0.5, 0.6) is 0 Å². The molecule has 0 bridgehead atoms. The van der Waals surface area contributed by atoms with E-state index in [4.69, 9.17) is 0 Å². The van der Waals surface area contributed by atoms with Crippen molar-refractivity contribution in [3.8, 4) is 0 Å². The molecule has 0 N–H and O–H groups in total. The highest BCUT2D eigenvalue weighted by Gasteiger charge is 2.27. The fraction of sp³-hybridized carbons (Fsp3) is 1.00. The fourth-order valence-corrected chi connectivity index (χ4v) is 2.99. The van der Waals surface area contributed by atoms with Crippen LogP contribution in [-0.4, -0.2) is 5.66 Å². The zero-order valence-electron chi connectivity index (χ0n) is 7.42. The SMILES string of the molecule is CC(C)[C@@H]1CCCC[C@H]1P=O. The molecule has 0 heterocycles. The van der Waals surface area contributed by atoms with E-state index < -0.39 is 0 Å². The van der Waals surface area contributed by atoms with E-state index in [0.29, 0.717) is 26.0 Å². The van der Waals surface area contributed by atoms with Crippen LogP contribution in [-0.2, 0) is 4.57 Å². The zero-order chi connectivity index (χ0) is 8.27. The van der Waals surface area contributed by atoms with Gasteiger partial charge in [0.2, 0.25) is 0 Å². The first kappa shape index (κ1) is 9.19. The molecule has 1 fully saturated rings. The zero-order valence-corrected chi connectivity index (χ0v) is 8.31. The lowest BCUT2D eigenvalue weighted by molar-refractivity contribution is 0.284. The smallest absolute Gasteiger partial charge is 0.158 e. The average Bonchev–Trinajstić information content (AvgIpc) is 2.04. The topological polar surface area (TPSA) is 17.1 Å². The average molecular weight is 172 g/mol. The van der Waals surface area contributed by atoms with Crippen molar-refractivity contribution < 1.29 is 4.57 Å². The highest BCUT2D eigenvalue weighted by molar-refractivity contribution is 7.24. The Balaban J connectivity index is 2.51. The first-order valence-electron chi connectivity index (χ1n) is 4.58. The third kappa shape index (κ3) is 2.27. The Kier molecular flexibility index (Phi) is 3.51. The maximum absolute atomic E-state index is 10.8. The van der Waals surface area contributed by atoms with Crippen LogP contribution < -0.4 is 0 Å². The first-order chi connectivity index (χ1) is 5.25. The van der Waals surface area contributed by atoms with Gasteiger partial charge in [0.25, 0.3) is 0 Å². The van der Waals surface area contributed by atoms with Crippen LogP contribution in [0.15, 0.2) is 0 Å². The molecule has 1 saturated carbocycles. The largest absolute Gasteiger partial charge is 0.275 e. The highest BCUT2D eigenvalue weighted by Crippen LogP contribution is 2.36. The molecular formula is C9H17OP. The number of rotatable bonds is 2. The summed E-state index contributed by atoms with van der Waals surface area (Å²) >= 11 is 0. The quantitative estimate of drug-likeness (QED) is 0.582. The highest BCUT2D eigenvalue weighted by atomic mass is 31.1. The van der Waals surface area contributed by atoms with E-state index in [1.807, 2.05) is 0 Å². The molecule has 64 valence electrons. The van der Waals surface area contributed by atoms with Crippen LogP contribution >= 0.6 is 8.46 Å². The van der Waals surface area contributed by atoms with Gasteiger partial charge >= 0.3 is 0 Å². The summed E-state index contributed by atoms with van der Waals surface area (Å²) in [6, 6.07) is 0. The second-order valence-electron chi connectivity index (χ2n) is 3.87. The second kappa shape index (κ2) is 4.21. The van der Waals surface area contributed by atoms with Crippen LogP contribution in [0.25, 0.3) is 0 Å². The Morgan fingerprint density at radius 2 is 1.91 bits per heavy atom. The van der Waals surface area contributed by atoms with E-state index in [-0.39, 0.29) is 0 Å². The van der Waals surface area contributed by atoms with E-state index in [1.165, 1.54) is 25.7 Å². The summed E-state index contributed by atoms with van der Waals surface area (Å²) in [5.74, 6) is 1.42. The van der Waals surface area contributed by atoms with Gasteiger partial charge in [-0.2, -0.15) is 0 Å². The summed E-state index contributed by atoms with van der Waals surface area (Å²) in [6.07, 6.45) is 5.09. The van der Waals surface area contributed by atoms with Gasteiger partial charge in [-0.1, -0.05) is 26.7 Å².